The van der Waals surface area contributed by atoms with E-state index in [9.17, 15) is 9.18 Å². The number of hydrogen-bond donors (Lipinski definition) is 0. The molecule has 1 heterocycles. The number of benzene rings is 1. The molecule has 0 spiro atoms. The van der Waals surface area contributed by atoms with Crippen molar-refractivity contribution < 1.29 is 18.7 Å². The van der Waals surface area contributed by atoms with Gasteiger partial charge in [-0.3, -0.25) is 4.79 Å². The van der Waals surface area contributed by atoms with E-state index in [2.05, 4.69) is 5.97 Å². The SMILES string of the molecule is CCOC(=O)C1(Cc2ccc(F)c(OC)c2)CCB(C#N)CC1. The van der Waals surface area contributed by atoms with Crippen molar-refractivity contribution in [2.45, 2.75) is 38.8 Å². The van der Waals surface area contributed by atoms with Crippen molar-refractivity contribution in [2.24, 2.45) is 5.41 Å². The van der Waals surface area contributed by atoms with E-state index in [-0.39, 0.29) is 18.4 Å². The van der Waals surface area contributed by atoms with Gasteiger partial charge in [0.2, 0.25) is 0 Å². The van der Waals surface area contributed by atoms with Crippen molar-refractivity contribution in [3.8, 4) is 11.7 Å². The lowest BCUT2D eigenvalue weighted by atomic mass is 9.39. The molecule has 0 aromatic heterocycles. The Morgan fingerprint density at radius 3 is 2.70 bits per heavy atom. The summed E-state index contributed by atoms with van der Waals surface area (Å²) in [5, 5.41) is 9.07. The first-order chi connectivity index (χ1) is 11.0. The van der Waals surface area contributed by atoms with E-state index < -0.39 is 11.2 Å². The number of nitriles is 1. The molecule has 2 rings (SSSR count). The Balaban J connectivity index is 2.25. The molecule has 0 radical (unpaired) electrons. The summed E-state index contributed by atoms with van der Waals surface area (Å²) in [7, 11) is 1.42. The maximum Gasteiger partial charge on any atom is 0.312 e. The van der Waals surface area contributed by atoms with Crippen molar-refractivity contribution in [3.05, 3.63) is 29.6 Å². The van der Waals surface area contributed by atoms with Gasteiger partial charge in [0, 0.05) is 5.97 Å². The molecule has 1 fully saturated rings. The average molecular weight is 317 g/mol. The quantitative estimate of drug-likeness (QED) is 0.618. The zero-order valence-corrected chi connectivity index (χ0v) is 13.6. The third-order valence-electron chi connectivity index (χ3n) is 4.59. The Morgan fingerprint density at radius 2 is 2.13 bits per heavy atom. The van der Waals surface area contributed by atoms with E-state index in [0.29, 0.717) is 38.5 Å². The number of rotatable bonds is 5. The number of nitrogens with zero attached hydrogens (tertiary/aromatic N) is 1. The zero-order valence-electron chi connectivity index (χ0n) is 13.6. The topological polar surface area (TPSA) is 59.3 Å². The van der Waals surface area contributed by atoms with E-state index in [1.165, 1.54) is 13.2 Å². The highest BCUT2D eigenvalue weighted by Crippen LogP contribution is 2.41. The number of hydrogen-bond acceptors (Lipinski definition) is 4. The van der Waals surface area contributed by atoms with Crippen molar-refractivity contribution in [1.29, 1.82) is 5.26 Å². The second-order valence-electron chi connectivity index (χ2n) is 6.05. The Kier molecular flexibility index (Phi) is 5.65. The highest BCUT2D eigenvalue weighted by atomic mass is 19.1. The number of halogens is 1. The zero-order chi connectivity index (χ0) is 16.9. The lowest BCUT2D eigenvalue weighted by Gasteiger charge is -2.35. The van der Waals surface area contributed by atoms with Gasteiger partial charge in [-0.15, -0.1) is 0 Å². The first kappa shape index (κ1) is 17.3. The fourth-order valence-corrected chi connectivity index (χ4v) is 3.24. The molecule has 1 aliphatic rings. The molecule has 1 aliphatic heterocycles. The van der Waals surface area contributed by atoms with Gasteiger partial charge in [-0.05, 0) is 43.9 Å². The predicted molar refractivity (Wildman–Crippen MR) is 85.9 cm³/mol. The van der Waals surface area contributed by atoms with Crippen LogP contribution in [0.4, 0.5) is 4.39 Å². The fourth-order valence-electron chi connectivity index (χ4n) is 3.24. The molecule has 0 unspecified atom stereocenters. The van der Waals surface area contributed by atoms with E-state index in [1.807, 2.05) is 0 Å². The van der Waals surface area contributed by atoms with Crippen molar-refractivity contribution in [2.75, 3.05) is 13.7 Å². The van der Waals surface area contributed by atoms with Gasteiger partial charge >= 0.3 is 5.97 Å². The number of esters is 1. The summed E-state index contributed by atoms with van der Waals surface area (Å²) in [6, 6.07) is 4.66. The second-order valence-corrected chi connectivity index (χ2v) is 6.05. The van der Waals surface area contributed by atoms with Crippen molar-refractivity contribution >= 4 is 12.7 Å². The van der Waals surface area contributed by atoms with Gasteiger partial charge in [0.25, 0.3) is 6.71 Å². The van der Waals surface area contributed by atoms with Gasteiger partial charge in [0.1, 0.15) is 0 Å². The van der Waals surface area contributed by atoms with Gasteiger partial charge in [-0.25, -0.2) is 9.65 Å². The maximum absolute atomic E-state index is 13.6. The molecule has 1 saturated heterocycles. The van der Waals surface area contributed by atoms with E-state index in [4.69, 9.17) is 14.7 Å². The summed E-state index contributed by atoms with van der Waals surface area (Å²) in [6.45, 7) is 2.11. The van der Waals surface area contributed by atoms with Crippen LogP contribution in [0.3, 0.4) is 0 Å². The molecule has 0 N–H and O–H groups in total. The van der Waals surface area contributed by atoms with Gasteiger partial charge < -0.3 is 9.47 Å². The lowest BCUT2D eigenvalue weighted by molar-refractivity contribution is -0.156. The predicted octanol–water partition coefficient (Wildman–Crippen LogP) is 3.28. The Morgan fingerprint density at radius 1 is 1.43 bits per heavy atom. The van der Waals surface area contributed by atoms with Gasteiger partial charge in [0.15, 0.2) is 11.6 Å². The van der Waals surface area contributed by atoms with Crippen LogP contribution in [0.25, 0.3) is 0 Å². The lowest BCUT2D eigenvalue weighted by Crippen LogP contribution is -2.40. The summed E-state index contributed by atoms with van der Waals surface area (Å²) < 4.78 is 23.9. The van der Waals surface area contributed by atoms with Gasteiger partial charge in [-0.1, -0.05) is 18.7 Å². The number of methoxy groups -OCH3 is 1. The van der Waals surface area contributed by atoms with Crippen LogP contribution in [-0.4, -0.2) is 26.4 Å². The minimum Gasteiger partial charge on any atom is -0.494 e. The monoisotopic (exact) mass is 317 g/mol. The Labute approximate surface area is 136 Å². The largest absolute Gasteiger partial charge is 0.494 e. The molecule has 0 bridgehead atoms. The Bertz CT molecular complexity index is 606. The number of carbonyl (C=O) groups is 1. The summed E-state index contributed by atoms with van der Waals surface area (Å²) in [5.41, 5.74) is 0.207. The molecule has 4 nitrogen and oxygen atoms in total. The summed E-state index contributed by atoms with van der Waals surface area (Å²) in [4.78, 5) is 12.5. The molecule has 6 heteroatoms. The molecule has 0 aliphatic carbocycles. The normalized spacial score (nSPS) is 16.5. The average Bonchev–Trinajstić information content (AvgIpc) is 2.57. The fraction of sp³-hybridized carbons (Fsp3) is 0.529. The van der Waals surface area contributed by atoms with Crippen LogP contribution in [0.5, 0.6) is 5.75 Å². The van der Waals surface area contributed by atoms with E-state index >= 15 is 0 Å². The summed E-state index contributed by atoms with van der Waals surface area (Å²) in [5.74, 6) is 1.81. The van der Waals surface area contributed by atoms with E-state index in [0.717, 1.165) is 5.56 Å². The first-order valence-electron chi connectivity index (χ1n) is 7.94. The molecule has 0 amide bonds. The van der Waals surface area contributed by atoms with Crippen LogP contribution in [0.2, 0.25) is 12.6 Å². The molecule has 1 aromatic rings. The molecular formula is C17H21BFNO3. The maximum atomic E-state index is 13.6. The minimum atomic E-state index is -0.633. The number of ether oxygens (including phenoxy) is 2. The van der Waals surface area contributed by atoms with Crippen LogP contribution in [0.15, 0.2) is 18.2 Å². The number of carbonyl (C=O) groups excluding carboxylic acids is 1. The summed E-state index contributed by atoms with van der Waals surface area (Å²) in [6.07, 6.45) is 3.08. The minimum absolute atomic E-state index is 0.000283. The Hall–Kier alpha value is -2.03. The standard InChI is InChI=1S/C17H21BFNO3/c1-3-23-16(21)17(6-8-18(12-20)9-7-17)11-13-4-5-14(19)15(10-13)22-2/h4-5,10H,3,6-9,11H2,1-2H3. The highest BCUT2D eigenvalue weighted by Gasteiger charge is 2.44. The smallest absolute Gasteiger partial charge is 0.312 e. The van der Waals surface area contributed by atoms with Gasteiger partial charge in [0.05, 0.1) is 19.1 Å². The molecule has 23 heavy (non-hydrogen) atoms. The molecule has 0 atom stereocenters. The third-order valence-corrected chi connectivity index (χ3v) is 4.59. The van der Waals surface area contributed by atoms with Crippen molar-refractivity contribution in [3.63, 3.8) is 0 Å². The van der Waals surface area contributed by atoms with Crippen LogP contribution >= 0.6 is 0 Å². The molecule has 0 saturated carbocycles. The van der Waals surface area contributed by atoms with Crippen LogP contribution in [0, 0.1) is 22.5 Å². The summed E-state index contributed by atoms with van der Waals surface area (Å²) >= 11 is 0. The highest BCUT2D eigenvalue weighted by molar-refractivity contribution is 6.67. The van der Waals surface area contributed by atoms with Crippen molar-refractivity contribution in [1.82, 2.24) is 0 Å². The molecular weight excluding hydrogens is 296 g/mol. The second kappa shape index (κ2) is 7.50. The van der Waals surface area contributed by atoms with Crippen LogP contribution in [0.1, 0.15) is 25.3 Å². The van der Waals surface area contributed by atoms with Crippen LogP contribution in [-0.2, 0) is 16.0 Å². The molecule has 1 aromatic carbocycles. The van der Waals surface area contributed by atoms with Crippen LogP contribution < -0.4 is 4.74 Å². The molecule has 122 valence electrons. The third kappa shape index (κ3) is 3.84. The van der Waals surface area contributed by atoms with E-state index in [1.54, 1.807) is 19.1 Å². The van der Waals surface area contributed by atoms with Gasteiger partial charge in [-0.2, -0.15) is 0 Å². The first-order valence-corrected chi connectivity index (χ1v) is 7.94.